The van der Waals surface area contributed by atoms with Crippen molar-refractivity contribution in [2.24, 2.45) is 5.73 Å². The number of hydrogen-bond donors (Lipinski definition) is 1. The predicted molar refractivity (Wildman–Crippen MR) is 57.6 cm³/mol. The van der Waals surface area contributed by atoms with Crippen LogP contribution in [0.4, 0.5) is 0 Å². The molecule has 0 unspecified atom stereocenters. The highest BCUT2D eigenvalue weighted by molar-refractivity contribution is 6.30. The molecule has 2 N–H and O–H groups in total. The van der Waals surface area contributed by atoms with Crippen molar-refractivity contribution in [3.8, 4) is 11.5 Å². The maximum Gasteiger partial charge on any atom is 0.257 e. The first-order valence-corrected chi connectivity index (χ1v) is 4.90. The minimum atomic E-state index is -0.497. The topological polar surface area (TPSA) is 82.0 Å². The molecule has 0 saturated heterocycles. The average molecular weight is 238 g/mol. The van der Waals surface area contributed by atoms with Crippen LogP contribution in [0.15, 0.2) is 28.8 Å². The predicted octanol–water partition coefficient (Wildman–Crippen LogP) is 1.42. The van der Waals surface area contributed by atoms with E-state index in [4.69, 9.17) is 21.9 Å². The number of benzene rings is 1. The van der Waals surface area contributed by atoms with Crippen molar-refractivity contribution >= 4 is 17.5 Å². The lowest BCUT2D eigenvalue weighted by molar-refractivity contribution is -0.117. The summed E-state index contributed by atoms with van der Waals surface area (Å²) < 4.78 is 4.98. The fourth-order valence-corrected chi connectivity index (χ4v) is 1.32. The Morgan fingerprint density at radius 1 is 1.38 bits per heavy atom. The Kier molecular flexibility index (Phi) is 2.87. The second-order valence-electron chi connectivity index (χ2n) is 3.17. The van der Waals surface area contributed by atoms with Gasteiger partial charge in [0.05, 0.1) is 6.42 Å². The van der Waals surface area contributed by atoms with Gasteiger partial charge in [-0.25, -0.2) is 0 Å². The van der Waals surface area contributed by atoms with Crippen molar-refractivity contribution in [2.45, 2.75) is 6.42 Å². The summed E-state index contributed by atoms with van der Waals surface area (Å²) in [5.74, 6) is 0.119. The molecule has 0 atom stereocenters. The van der Waals surface area contributed by atoms with E-state index in [-0.39, 0.29) is 12.2 Å². The van der Waals surface area contributed by atoms with Gasteiger partial charge in [0.25, 0.3) is 5.89 Å². The van der Waals surface area contributed by atoms with Crippen LogP contribution >= 0.6 is 11.6 Å². The van der Waals surface area contributed by atoms with Gasteiger partial charge in [0.1, 0.15) is 0 Å². The van der Waals surface area contributed by atoms with E-state index in [0.717, 1.165) is 5.56 Å². The van der Waals surface area contributed by atoms with Crippen molar-refractivity contribution in [3.63, 3.8) is 0 Å². The quantitative estimate of drug-likeness (QED) is 0.875. The highest BCUT2D eigenvalue weighted by Gasteiger charge is 2.10. The molecule has 0 radical (unpaired) electrons. The Labute approximate surface area is 96.2 Å². The highest BCUT2D eigenvalue weighted by Crippen LogP contribution is 2.19. The average Bonchev–Trinajstić information content (AvgIpc) is 2.66. The summed E-state index contributed by atoms with van der Waals surface area (Å²) >= 11 is 5.75. The molecule has 0 aliphatic heterocycles. The first kappa shape index (κ1) is 10.6. The van der Waals surface area contributed by atoms with Gasteiger partial charge >= 0.3 is 0 Å². The molecular weight excluding hydrogens is 230 g/mol. The third-order valence-corrected chi connectivity index (χ3v) is 2.14. The maximum atomic E-state index is 10.6. The van der Waals surface area contributed by atoms with Crippen LogP contribution in [0.2, 0.25) is 5.02 Å². The van der Waals surface area contributed by atoms with E-state index in [1.54, 1.807) is 24.3 Å². The summed E-state index contributed by atoms with van der Waals surface area (Å²) in [6.45, 7) is 0. The maximum absolute atomic E-state index is 10.6. The summed E-state index contributed by atoms with van der Waals surface area (Å²) in [5.41, 5.74) is 5.76. The van der Waals surface area contributed by atoms with E-state index in [1.807, 2.05) is 0 Å². The molecule has 82 valence electrons. The number of aromatic nitrogens is 2. The van der Waals surface area contributed by atoms with E-state index in [1.165, 1.54) is 0 Å². The lowest BCUT2D eigenvalue weighted by Gasteiger charge is -1.92. The van der Waals surface area contributed by atoms with Gasteiger partial charge in [0.2, 0.25) is 5.91 Å². The molecule has 16 heavy (non-hydrogen) atoms. The number of amides is 1. The van der Waals surface area contributed by atoms with Crippen molar-refractivity contribution in [3.05, 3.63) is 35.1 Å². The van der Waals surface area contributed by atoms with Crippen molar-refractivity contribution in [1.29, 1.82) is 0 Å². The molecule has 5 nitrogen and oxygen atoms in total. The molecule has 0 aliphatic carbocycles. The van der Waals surface area contributed by atoms with Crippen LogP contribution in [0.3, 0.4) is 0 Å². The third-order valence-electron chi connectivity index (χ3n) is 1.89. The molecule has 0 saturated carbocycles. The van der Waals surface area contributed by atoms with Crippen LogP contribution in [0.5, 0.6) is 0 Å². The van der Waals surface area contributed by atoms with E-state index < -0.39 is 5.91 Å². The number of carbonyl (C=O) groups excluding carboxylic acids is 1. The van der Waals surface area contributed by atoms with Crippen LogP contribution in [-0.4, -0.2) is 16.0 Å². The number of rotatable bonds is 3. The van der Waals surface area contributed by atoms with E-state index in [9.17, 15) is 4.79 Å². The Balaban J connectivity index is 2.24. The zero-order chi connectivity index (χ0) is 11.5. The SMILES string of the molecule is NC(=O)Cc1noc(-c2ccc(Cl)cc2)n1. The number of carbonyl (C=O) groups is 1. The van der Waals surface area contributed by atoms with Crippen LogP contribution in [0.1, 0.15) is 5.82 Å². The minimum absolute atomic E-state index is 0.0307. The molecule has 6 heteroatoms. The number of primary amides is 1. The largest absolute Gasteiger partial charge is 0.369 e. The Morgan fingerprint density at radius 3 is 2.69 bits per heavy atom. The number of nitrogens with zero attached hydrogens (tertiary/aromatic N) is 2. The number of hydrogen-bond acceptors (Lipinski definition) is 4. The molecule has 0 bridgehead atoms. The lowest BCUT2D eigenvalue weighted by atomic mass is 10.2. The minimum Gasteiger partial charge on any atom is -0.369 e. The summed E-state index contributed by atoms with van der Waals surface area (Å²) in [6.07, 6.45) is -0.0307. The molecule has 2 aromatic rings. The molecule has 0 aliphatic rings. The Hall–Kier alpha value is -1.88. The summed E-state index contributed by atoms with van der Waals surface area (Å²) in [4.78, 5) is 14.7. The summed E-state index contributed by atoms with van der Waals surface area (Å²) in [5, 5.41) is 4.26. The first-order chi connectivity index (χ1) is 7.65. The summed E-state index contributed by atoms with van der Waals surface area (Å²) in [6, 6.07) is 6.94. The fraction of sp³-hybridized carbons (Fsp3) is 0.100. The fourth-order valence-electron chi connectivity index (χ4n) is 1.19. The second kappa shape index (κ2) is 4.32. The molecule has 1 heterocycles. The monoisotopic (exact) mass is 237 g/mol. The Morgan fingerprint density at radius 2 is 2.06 bits per heavy atom. The van der Waals surface area contributed by atoms with Gasteiger partial charge in [-0.1, -0.05) is 16.8 Å². The smallest absolute Gasteiger partial charge is 0.257 e. The van der Waals surface area contributed by atoms with Crippen molar-refractivity contribution in [1.82, 2.24) is 10.1 Å². The molecule has 1 amide bonds. The molecule has 1 aromatic carbocycles. The van der Waals surface area contributed by atoms with Crippen molar-refractivity contribution < 1.29 is 9.32 Å². The van der Waals surface area contributed by atoms with E-state index in [2.05, 4.69) is 10.1 Å². The van der Waals surface area contributed by atoms with Crippen molar-refractivity contribution in [2.75, 3.05) is 0 Å². The molecule has 0 fully saturated rings. The van der Waals surface area contributed by atoms with E-state index in [0.29, 0.717) is 10.9 Å². The second-order valence-corrected chi connectivity index (χ2v) is 3.60. The van der Waals surface area contributed by atoms with Crippen LogP contribution in [0, 0.1) is 0 Å². The standard InChI is InChI=1S/C10H8ClN3O2/c11-7-3-1-6(2-4-7)10-13-9(14-16-10)5-8(12)15/h1-4H,5H2,(H2,12,15). The number of nitrogens with two attached hydrogens (primary N) is 1. The van der Waals surface area contributed by atoms with Gasteiger partial charge in [-0.2, -0.15) is 4.98 Å². The van der Waals surface area contributed by atoms with Crippen LogP contribution < -0.4 is 5.73 Å². The van der Waals surface area contributed by atoms with Gasteiger partial charge in [0.15, 0.2) is 5.82 Å². The molecule has 0 spiro atoms. The van der Waals surface area contributed by atoms with Gasteiger partial charge in [-0.15, -0.1) is 0 Å². The molecule has 1 aromatic heterocycles. The first-order valence-electron chi connectivity index (χ1n) is 4.52. The normalized spacial score (nSPS) is 10.3. The van der Waals surface area contributed by atoms with E-state index >= 15 is 0 Å². The molecular formula is C10H8ClN3O2. The third kappa shape index (κ3) is 2.38. The van der Waals surface area contributed by atoms with Gasteiger partial charge in [0, 0.05) is 10.6 Å². The molecule has 2 rings (SSSR count). The highest BCUT2D eigenvalue weighted by atomic mass is 35.5. The van der Waals surface area contributed by atoms with Gasteiger partial charge in [-0.3, -0.25) is 4.79 Å². The van der Waals surface area contributed by atoms with Crippen LogP contribution in [-0.2, 0) is 11.2 Å². The van der Waals surface area contributed by atoms with Crippen LogP contribution in [0.25, 0.3) is 11.5 Å². The lowest BCUT2D eigenvalue weighted by Crippen LogP contribution is -2.14. The van der Waals surface area contributed by atoms with Gasteiger partial charge in [-0.05, 0) is 24.3 Å². The zero-order valence-electron chi connectivity index (χ0n) is 8.18. The Bertz CT molecular complexity index is 507. The zero-order valence-corrected chi connectivity index (χ0v) is 8.94. The van der Waals surface area contributed by atoms with Gasteiger partial charge < -0.3 is 10.3 Å². The summed E-state index contributed by atoms with van der Waals surface area (Å²) in [7, 11) is 0. The number of halogens is 1.